The van der Waals surface area contributed by atoms with E-state index in [-0.39, 0.29) is 17.9 Å². The van der Waals surface area contributed by atoms with Gasteiger partial charge < -0.3 is 15.4 Å². The molecule has 1 aromatic heterocycles. The van der Waals surface area contributed by atoms with Gasteiger partial charge in [0.05, 0.1) is 28.9 Å². The van der Waals surface area contributed by atoms with Crippen LogP contribution in [0.5, 0.6) is 0 Å². The van der Waals surface area contributed by atoms with Crippen molar-refractivity contribution in [2.75, 3.05) is 18.9 Å². The highest BCUT2D eigenvalue weighted by Gasteiger charge is 2.29. The van der Waals surface area contributed by atoms with Crippen molar-refractivity contribution in [2.24, 2.45) is 0 Å². The molecule has 0 bridgehead atoms. The van der Waals surface area contributed by atoms with Crippen LogP contribution in [-0.2, 0) is 17.7 Å². The number of nitrogen functional groups attached to an aromatic ring is 1. The number of pyridine rings is 1. The Morgan fingerprint density at radius 2 is 2.23 bits per heavy atom. The first-order chi connectivity index (χ1) is 12.5. The summed E-state index contributed by atoms with van der Waals surface area (Å²) in [4.78, 5) is 18.1. The quantitative estimate of drug-likeness (QED) is 0.835. The van der Waals surface area contributed by atoms with Crippen LogP contribution in [-0.4, -0.2) is 29.1 Å². The van der Waals surface area contributed by atoms with E-state index in [0.717, 1.165) is 11.3 Å². The van der Waals surface area contributed by atoms with Gasteiger partial charge in [-0.1, -0.05) is 35.3 Å². The van der Waals surface area contributed by atoms with E-state index >= 15 is 0 Å². The van der Waals surface area contributed by atoms with E-state index in [1.54, 1.807) is 30.0 Å². The summed E-state index contributed by atoms with van der Waals surface area (Å²) in [6.07, 6.45) is 0.103. The highest BCUT2D eigenvalue weighted by atomic mass is 35.5. The van der Waals surface area contributed by atoms with Crippen LogP contribution in [0.2, 0.25) is 10.0 Å². The van der Waals surface area contributed by atoms with Gasteiger partial charge in [-0.15, -0.1) is 0 Å². The van der Waals surface area contributed by atoms with Crippen LogP contribution in [0.1, 0.15) is 23.7 Å². The lowest BCUT2D eigenvalue weighted by Gasteiger charge is -2.30. The third kappa shape index (κ3) is 3.16. The molecule has 2 heterocycles. The molecule has 0 saturated carbocycles. The molecule has 0 spiro atoms. The minimum atomic E-state index is -0.406. The maximum absolute atomic E-state index is 12.1. The standard InChI is InChI=1S/C18H16Cl2N4O2/c1-2-26-18(25)24-7-6-14-12(9-24)15(11(8-21)17(22)23-14)10-4-3-5-13(19)16(10)20/h3-5H,2,6-7,9H2,1H3,(H2,22,23). The number of ether oxygens (including phenoxy) is 1. The fraction of sp³-hybridized carbons (Fsp3) is 0.278. The molecule has 3 rings (SSSR count). The third-order valence-electron chi connectivity index (χ3n) is 4.24. The molecule has 2 aromatic rings. The first-order valence-corrected chi connectivity index (χ1v) is 8.80. The second-order valence-electron chi connectivity index (χ2n) is 5.76. The molecule has 6 nitrogen and oxygen atoms in total. The molecule has 134 valence electrons. The van der Waals surface area contributed by atoms with E-state index in [9.17, 15) is 10.1 Å². The van der Waals surface area contributed by atoms with Gasteiger partial charge in [-0.05, 0) is 13.0 Å². The molecular formula is C18H16Cl2N4O2. The molecule has 1 amide bonds. The van der Waals surface area contributed by atoms with Crippen molar-refractivity contribution in [1.82, 2.24) is 9.88 Å². The topological polar surface area (TPSA) is 92.2 Å². The van der Waals surface area contributed by atoms with Crippen LogP contribution in [0.4, 0.5) is 10.6 Å². The van der Waals surface area contributed by atoms with Gasteiger partial charge in [0.25, 0.3) is 0 Å². The van der Waals surface area contributed by atoms with E-state index in [1.807, 2.05) is 0 Å². The number of benzene rings is 1. The number of nitriles is 1. The van der Waals surface area contributed by atoms with Gasteiger partial charge in [0.15, 0.2) is 0 Å². The maximum atomic E-state index is 12.1. The van der Waals surface area contributed by atoms with Gasteiger partial charge in [0.2, 0.25) is 0 Å². The number of fused-ring (bicyclic) bond motifs is 1. The van der Waals surface area contributed by atoms with Crippen molar-refractivity contribution < 1.29 is 9.53 Å². The summed E-state index contributed by atoms with van der Waals surface area (Å²) in [5, 5.41) is 10.3. The Morgan fingerprint density at radius 1 is 1.46 bits per heavy atom. The number of carbonyl (C=O) groups excluding carboxylic acids is 1. The van der Waals surface area contributed by atoms with Crippen LogP contribution >= 0.6 is 23.2 Å². The number of nitrogens with two attached hydrogens (primary N) is 1. The summed E-state index contributed by atoms with van der Waals surface area (Å²) < 4.78 is 5.09. The van der Waals surface area contributed by atoms with Gasteiger partial charge in [-0.2, -0.15) is 5.26 Å². The van der Waals surface area contributed by atoms with Crippen molar-refractivity contribution in [3.63, 3.8) is 0 Å². The molecule has 1 aromatic carbocycles. The second-order valence-corrected chi connectivity index (χ2v) is 6.54. The highest BCUT2D eigenvalue weighted by molar-refractivity contribution is 6.43. The number of hydrogen-bond acceptors (Lipinski definition) is 5. The largest absolute Gasteiger partial charge is 0.450 e. The van der Waals surface area contributed by atoms with Gasteiger partial charge in [-0.25, -0.2) is 9.78 Å². The summed E-state index contributed by atoms with van der Waals surface area (Å²) >= 11 is 12.5. The van der Waals surface area contributed by atoms with E-state index in [1.165, 1.54) is 0 Å². The molecule has 0 unspecified atom stereocenters. The van der Waals surface area contributed by atoms with Crippen molar-refractivity contribution in [2.45, 2.75) is 19.9 Å². The summed E-state index contributed by atoms with van der Waals surface area (Å²) in [6.45, 7) is 2.77. The Labute approximate surface area is 161 Å². The number of amides is 1. The normalized spacial score (nSPS) is 13.1. The molecule has 0 saturated heterocycles. The number of anilines is 1. The lowest BCUT2D eigenvalue weighted by atomic mass is 9.91. The molecule has 0 radical (unpaired) electrons. The zero-order chi connectivity index (χ0) is 18.8. The molecule has 0 atom stereocenters. The fourth-order valence-corrected chi connectivity index (χ4v) is 3.45. The zero-order valence-electron chi connectivity index (χ0n) is 14.1. The van der Waals surface area contributed by atoms with E-state index in [4.69, 9.17) is 33.7 Å². The summed E-state index contributed by atoms with van der Waals surface area (Å²) in [5.74, 6) is 0.141. The Bertz CT molecular complexity index is 924. The first kappa shape index (κ1) is 18.3. The Balaban J connectivity index is 2.21. The van der Waals surface area contributed by atoms with Gasteiger partial charge in [0.1, 0.15) is 17.5 Å². The van der Waals surface area contributed by atoms with E-state index in [2.05, 4.69) is 11.1 Å². The summed E-state index contributed by atoms with van der Waals surface area (Å²) in [6, 6.07) is 7.29. The van der Waals surface area contributed by atoms with Crippen LogP contribution in [0.15, 0.2) is 18.2 Å². The molecule has 1 aliphatic heterocycles. The Hall–Kier alpha value is -2.49. The lowest BCUT2D eigenvalue weighted by molar-refractivity contribution is 0.102. The summed E-state index contributed by atoms with van der Waals surface area (Å²) in [5.41, 5.74) is 8.86. The van der Waals surface area contributed by atoms with Crippen LogP contribution in [0.3, 0.4) is 0 Å². The third-order valence-corrected chi connectivity index (χ3v) is 5.06. The molecule has 0 aliphatic carbocycles. The smallest absolute Gasteiger partial charge is 0.410 e. The zero-order valence-corrected chi connectivity index (χ0v) is 15.6. The maximum Gasteiger partial charge on any atom is 0.410 e. The molecule has 0 fully saturated rings. The minimum Gasteiger partial charge on any atom is -0.450 e. The van der Waals surface area contributed by atoms with Crippen molar-refractivity contribution >= 4 is 35.1 Å². The predicted octanol–water partition coefficient (Wildman–Crippen LogP) is 4.02. The molecular weight excluding hydrogens is 375 g/mol. The SMILES string of the molecule is CCOC(=O)N1CCc2nc(N)c(C#N)c(-c3cccc(Cl)c3Cl)c2C1. The van der Waals surface area contributed by atoms with Gasteiger partial charge >= 0.3 is 6.09 Å². The minimum absolute atomic E-state index is 0.141. The van der Waals surface area contributed by atoms with E-state index < -0.39 is 6.09 Å². The lowest BCUT2D eigenvalue weighted by Crippen LogP contribution is -2.37. The number of halogens is 2. The molecule has 26 heavy (non-hydrogen) atoms. The number of nitrogens with zero attached hydrogens (tertiary/aromatic N) is 3. The number of aromatic nitrogens is 1. The average molecular weight is 391 g/mol. The van der Waals surface area contributed by atoms with Crippen molar-refractivity contribution in [1.29, 1.82) is 5.26 Å². The second kappa shape index (κ2) is 7.40. The Morgan fingerprint density at radius 3 is 2.92 bits per heavy atom. The number of hydrogen-bond donors (Lipinski definition) is 1. The highest BCUT2D eigenvalue weighted by Crippen LogP contribution is 2.40. The molecule has 8 heteroatoms. The van der Waals surface area contributed by atoms with Crippen molar-refractivity contribution in [3.8, 4) is 17.2 Å². The van der Waals surface area contributed by atoms with Gasteiger partial charge in [-0.3, -0.25) is 0 Å². The number of carbonyl (C=O) groups is 1. The molecule has 1 aliphatic rings. The van der Waals surface area contributed by atoms with Crippen LogP contribution < -0.4 is 5.73 Å². The Kier molecular flexibility index (Phi) is 5.21. The predicted molar refractivity (Wildman–Crippen MR) is 100.0 cm³/mol. The average Bonchev–Trinajstić information content (AvgIpc) is 2.63. The fourth-order valence-electron chi connectivity index (χ4n) is 3.06. The van der Waals surface area contributed by atoms with Gasteiger partial charge in [0, 0.05) is 29.7 Å². The summed E-state index contributed by atoms with van der Waals surface area (Å²) in [7, 11) is 0. The first-order valence-electron chi connectivity index (χ1n) is 8.05. The van der Waals surface area contributed by atoms with E-state index in [0.29, 0.717) is 40.7 Å². The monoisotopic (exact) mass is 390 g/mol. The molecule has 2 N–H and O–H groups in total. The van der Waals surface area contributed by atoms with Crippen LogP contribution in [0, 0.1) is 11.3 Å². The van der Waals surface area contributed by atoms with Crippen LogP contribution in [0.25, 0.3) is 11.1 Å². The van der Waals surface area contributed by atoms with Crippen molar-refractivity contribution in [3.05, 3.63) is 45.1 Å². The number of rotatable bonds is 2.